The second kappa shape index (κ2) is 5.99. The molecule has 1 rings (SSSR count). The van der Waals surface area contributed by atoms with Crippen LogP contribution >= 0.6 is 11.8 Å². The third-order valence-corrected chi connectivity index (χ3v) is 4.40. The van der Waals surface area contributed by atoms with Crippen molar-refractivity contribution < 1.29 is 5.11 Å². The lowest BCUT2D eigenvalue weighted by Crippen LogP contribution is -2.43. The smallest absolute Gasteiger partial charge is 0.0664 e. The molecular formula is C11H23NOS. The molecule has 3 heteroatoms. The molecule has 1 fully saturated rings. The number of thioether (sulfide) groups is 1. The molecule has 14 heavy (non-hydrogen) atoms. The SMILES string of the molecule is CC[C@@H](O)CN1CCSC(C(C)C)C1. The van der Waals surface area contributed by atoms with Gasteiger partial charge >= 0.3 is 0 Å². The highest BCUT2D eigenvalue weighted by Crippen LogP contribution is 2.24. The summed E-state index contributed by atoms with van der Waals surface area (Å²) in [4.78, 5) is 2.41. The number of aliphatic hydroxyl groups excluding tert-OH is 1. The molecule has 0 aromatic rings. The molecule has 1 heterocycles. The van der Waals surface area contributed by atoms with E-state index in [4.69, 9.17) is 0 Å². The van der Waals surface area contributed by atoms with Gasteiger partial charge in [0.2, 0.25) is 0 Å². The van der Waals surface area contributed by atoms with Crippen molar-refractivity contribution in [2.24, 2.45) is 5.92 Å². The van der Waals surface area contributed by atoms with Gasteiger partial charge in [0.25, 0.3) is 0 Å². The lowest BCUT2D eigenvalue weighted by atomic mass is 10.1. The molecule has 2 atom stereocenters. The summed E-state index contributed by atoms with van der Waals surface area (Å²) in [5.74, 6) is 1.97. The fourth-order valence-electron chi connectivity index (χ4n) is 1.73. The number of rotatable bonds is 4. The largest absolute Gasteiger partial charge is 0.392 e. The average Bonchev–Trinajstić information content (AvgIpc) is 2.18. The van der Waals surface area contributed by atoms with Gasteiger partial charge in [0, 0.05) is 30.6 Å². The monoisotopic (exact) mass is 217 g/mol. The summed E-state index contributed by atoms with van der Waals surface area (Å²) in [5.41, 5.74) is 0. The van der Waals surface area contributed by atoms with Gasteiger partial charge in [0.15, 0.2) is 0 Å². The molecule has 1 N–H and O–H groups in total. The first-order valence-electron chi connectivity index (χ1n) is 5.65. The topological polar surface area (TPSA) is 23.5 Å². The highest BCUT2D eigenvalue weighted by Gasteiger charge is 2.23. The zero-order valence-corrected chi connectivity index (χ0v) is 10.4. The Hall–Kier alpha value is 0.270. The van der Waals surface area contributed by atoms with E-state index in [0.29, 0.717) is 0 Å². The normalized spacial score (nSPS) is 26.8. The molecule has 0 bridgehead atoms. The van der Waals surface area contributed by atoms with Crippen molar-refractivity contribution in [2.45, 2.75) is 38.5 Å². The molecule has 1 saturated heterocycles. The number of β-amino-alcohol motifs (C(OH)–C–C–N with tert-alkyl or cyclic N) is 1. The fraction of sp³-hybridized carbons (Fsp3) is 1.00. The summed E-state index contributed by atoms with van der Waals surface area (Å²) < 4.78 is 0. The van der Waals surface area contributed by atoms with Crippen molar-refractivity contribution >= 4 is 11.8 Å². The Balaban J connectivity index is 2.32. The number of nitrogens with zero attached hydrogens (tertiary/aromatic N) is 1. The Kier molecular flexibility index (Phi) is 5.28. The Morgan fingerprint density at radius 3 is 2.79 bits per heavy atom. The van der Waals surface area contributed by atoms with Crippen molar-refractivity contribution in [3.05, 3.63) is 0 Å². The van der Waals surface area contributed by atoms with Crippen LogP contribution in [0, 0.1) is 5.92 Å². The zero-order valence-electron chi connectivity index (χ0n) is 9.57. The van der Waals surface area contributed by atoms with E-state index in [0.717, 1.165) is 37.2 Å². The van der Waals surface area contributed by atoms with Gasteiger partial charge in [-0.15, -0.1) is 0 Å². The van der Waals surface area contributed by atoms with Crippen LogP contribution in [-0.4, -0.2) is 46.7 Å². The maximum atomic E-state index is 9.59. The molecule has 0 aromatic heterocycles. The van der Waals surface area contributed by atoms with Crippen molar-refractivity contribution in [3.63, 3.8) is 0 Å². The molecule has 2 nitrogen and oxygen atoms in total. The minimum Gasteiger partial charge on any atom is -0.392 e. The van der Waals surface area contributed by atoms with E-state index in [-0.39, 0.29) is 6.10 Å². The van der Waals surface area contributed by atoms with E-state index in [2.05, 4.69) is 30.5 Å². The summed E-state index contributed by atoms with van der Waals surface area (Å²) >= 11 is 2.09. The molecule has 0 amide bonds. The molecule has 0 spiro atoms. The average molecular weight is 217 g/mol. The highest BCUT2D eigenvalue weighted by atomic mass is 32.2. The summed E-state index contributed by atoms with van der Waals surface area (Å²) in [5, 5.41) is 10.3. The highest BCUT2D eigenvalue weighted by molar-refractivity contribution is 8.00. The van der Waals surface area contributed by atoms with Gasteiger partial charge in [-0.05, 0) is 12.3 Å². The van der Waals surface area contributed by atoms with Gasteiger partial charge in [0.05, 0.1) is 6.10 Å². The van der Waals surface area contributed by atoms with Crippen molar-refractivity contribution in [1.82, 2.24) is 4.90 Å². The second-order valence-electron chi connectivity index (χ2n) is 4.47. The fourth-order valence-corrected chi connectivity index (χ4v) is 3.10. The lowest BCUT2D eigenvalue weighted by molar-refractivity contribution is 0.109. The van der Waals surface area contributed by atoms with Crippen LogP contribution in [0.1, 0.15) is 27.2 Å². The van der Waals surface area contributed by atoms with Crippen molar-refractivity contribution in [1.29, 1.82) is 0 Å². The second-order valence-corrected chi connectivity index (χ2v) is 5.82. The molecule has 1 unspecified atom stereocenters. The van der Waals surface area contributed by atoms with E-state index in [1.54, 1.807) is 0 Å². The van der Waals surface area contributed by atoms with Gasteiger partial charge in [-0.1, -0.05) is 20.8 Å². The van der Waals surface area contributed by atoms with Crippen LogP contribution in [0.3, 0.4) is 0 Å². The van der Waals surface area contributed by atoms with E-state index >= 15 is 0 Å². The van der Waals surface area contributed by atoms with Gasteiger partial charge in [-0.2, -0.15) is 11.8 Å². The van der Waals surface area contributed by atoms with E-state index in [1.807, 2.05) is 6.92 Å². The molecule has 0 radical (unpaired) electrons. The Bertz CT molecular complexity index is 163. The molecular weight excluding hydrogens is 194 g/mol. The minimum absolute atomic E-state index is 0.133. The summed E-state index contributed by atoms with van der Waals surface area (Å²) in [6, 6.07) is 0. The van der Waals surface area contributed by atoms with Crippen LogP contribution in [0.2, 0.25) is 0 Å². The van der Waals surface area contributed by atoms with Crippen LogP contribution in [-0.2, 0) is 0 Å². The van der Waals surface area contributed by atoms with Crippen LogP contribution in [0.25, 0.3) is 0 Å². The van der Waals surface area contributed by atoms with Crippen molar-refractivity contribution in [2.75, 3.05) is 25.4 Å². The van der Waals surface area contributed by atoms with Gasteiger partial charge in [-0.25, -0.2) is 0 Å². The van der Waals surface area contributed by atoms with Crippen molar-refractivity contribution in [3.8, 4) is 0 Å². The van der Waals surface area contributed by atoms with Gasteiger partial charge < -0.3 is 5.11 Å². The molecule has 0 aliphatic carbocycles. The summed E-state index contributed by atoms with van der Waals surface area (Å²) in [6.07, 6.45) is 0.738. The first-order valence-corrected chi connectivity index (χ1v) is 6.70. The standard InChI is InChI=1S/C11H23NOS/c1-4-10(13)7-12-5-6-14-11(8-12)9(2)3/h9-11,13H,4-8H2,1-3H3/t10-,11?/m1/s1. The quantitative estimate of drug-likeness (QED) is 0.777. The predicted molar refractivity (Wildman–Crippen MR) is 63.8 cm³/mol. The molecule has 84 valence electrons. The van der Waals surface area contributed by atoms with Crippen LogP contribution in [0.4, 0.5) is 0 Å². The van der Waals surface area contributed by atoms with E-state index in [1.165, 1.54) is 5.75 Å². The Labute approximate surface area is 92.1 Å². The maximum absolute atomic E-state index is 9.59. The van der Waals surface area contributed by atoms with E-state index in [9.17, 15) is 5.11 Å². The first-order chi connectivity index (χ1) is 6.63. The van der Waals surface area contributed by atoms with Gasteiger partial charge in [0.1, 0.15) is 0 Å². The van der Waals surface area contributed by atoms with E-state index < -0.39 is 0 Å². The zero-order chi connectivity index (χ0) is 10.6. The predicted octanol–water partition coefficient (Wildman–Crippen LogP) is 1.83. The third kappa shape index (κ3) is 3.79. The van der Waals surface area contributed by atoms with Crippen LogP contribution in [0.15, 0.2) is 0 Å². The minimum atomic E-state index is -0.133. The molecule has 1 aliphatic heterocycles. The number of hydrogen-bond donors (Lipinski definition) is 1. The number of aliphatic hydroxyl groups is 1. The third-order valence-electron chi connectivity index (χ3n) is 2.86. The van der Waals surface area contributed by atoms with Crippen LogP contribution < -0.4 is 0 Å². The number of hydrogen-bond acceptors (Lipinski definition) is 3. The molecule has 0 aromatic carbocycles. The Morgan fingerprint density at radius 2 is 2.21 bits per heavy atom. The Morgan fingerprint density at radius 1 is 1.50 bits per heavy atom. The lowest BCUT2D eigenvalue weighted by Gasteiger charge is -2.35. The molecule has 0 saturated carbocycles. The first kappa shape index (κ1) is 12.3. The van der Waals surface area contributed by atoms with Crippen LogP contribution in [0.5, 0.6) is 0 Å². The summed E-state index contributed by atoms with van der Waals surface area (Å²) in [7, 11) is 0. The maximum Gasteiger partial charge on any atom is 0.0664 e. The molecule has 1 aliphatic rings. The summed E-state index contributed by atoms with van der Waals surface area (Å²) in [6.45, 7) is 9.78. The van der Waals surface area contributed by atoms with Gasteiger partial charge in [-0.3, -0.25) is 4.90 Å².